The van der Waals surface area contributed by atoms with Crippen molar-refractivity contribution in [1.82, 2.24) is 0 Å². The van der Waals surface area contributed by atoms with Gasteiger partial charge in [-0.2, -0.15) is 0 Å². The molecule has 0 fully saturated rings. The van der Waals surface area contributed by atoms with Gasteiger partial charge in [0.1, 0.15) is 19.8 Å². The van der Waals surface area contributed by atoms with E-state index in [4.69, 9.17) is 18.5 Å². The minimum Gasteiger partial charge on any atom is -0.756 e. The molecule has 88 heavy (non-hydrogen) atoms. The van der Waals surface area contributed by atoms with Gasteiger partial charge in [0.2, 0.25) is 0 Å². The summed E-state index contributed by atoms with van der Waals surface area (Å²) in [4.78, 5) is 38.1. The zero-order valence-electron chi connectivity index (χ0n) is 59.5. The maximum atomic E-state index is 12.9. The summed E-state index contributed by atoms with van der Waals surface area (Å²) in [6.45, 7) is 4.29. The Bertz CT molecular complexity index is 1580. The molecule has 0 aromatic rings. The minimum absolute atomic E-state index is 0.0309. The predicted octanol–water partition coefficient (Wildman–Crippen LogP) is 24.8. The first-order chi connectivity index (χ1) is 43.0. The van der Waals surface area contributed by atoms with Crippen molar-refractivity contribution in [3.63, 3.8) is 0 Å². The van der Waals surface area contributed by atoms with E-state index < -0.39 is 26.5 Å². The monoisotopic (exact) mass is 1260 g/mol. The number of allylic oxidation sites excluding steroid dienone is 6. The highest BCUT2D eigenvalue weighted by Crippen LogP contribution is 2.38. The van der Waals surface area contributed by atoms with Crippen LogP contribution in [0.15, 0.2) is 36.5 Å². The SMILES string of the molecule is CCCCCCC/C=C\C/C=C\C/C=C\CCCCCCCCCCC(=O)OC(COC(=O)CCCCCCCCCCCCCCCCCCCCCCCCCCCCCCCCCCCCCCCCCCC)COP(=O)([O-])OCC[N+](C)(C)C. The first kappa shape index (κ1) is 86.2. The molecule has 0 heterocycles. The largest absolute Gasteiger partial charge is 0.756 e. The average Bonchev–Trinajstić information content (AvgIpc) is 3.68. The molecule has 0 saturated carbocycles. The number of unbranched alkanes of at least 4 members (excludes halogenated alkanes) is 53. The summed E-state index contributed by atoms with van der Waals surface area (Å²) < 4.78 is 34.3. The van der Waals surface area contributed by atoms with Gasteiger partial charge >= 0.3 is 11.9 Å². The van der Waals surface area contributed by atoms with E-state index in [2.05, 4.69) is 50.3 Å². The van der Waals surface area contributed by atoms with Gasteiger partial charge < -0.3 is 27.9 Å². The number of carbonyl (C=O) groups is 2. The third-order valence-corrected chi connectivity index (χ3v) is 18.6. The summed E-state index contributed by atoms with van der Waals surface area (Å²) >= 11 is 0. The van der Waals surface area contributed by atoms with Gasteiger partial charge in [-0.15, -0.1) is 0 Å². The lowest BCUT2D eigenvalue weighted by Crippen LogP contribution is -2.37. The van der Waals surface area contributed by atoms with Crippen LogP contribution in [-0.4, -0.2) is 70.0 Å². The van der Waals surface area contributed by atoms with Gasteiger partial charge in [0, 0.05) is 12.8 Å². The number of likely N-dealkylation sites (N-methyl/N-ethyl adjacent to an activating group) is 1. The highest BCUT2D eigenvalue weighted by molar-refractivity contribution is 7.45. The van der Waals surface area contributed by atoms with Gasteiger partial charge in [0.15, 0.2) is 6.10 Å². The summed E-state index contributed by atoms with van der Waals surface area (Å²) in [6, 6.07) is 0. The summed E-state index contributed by atoms with van der Waals surface area (Å²) in [5, 5.41) is 0. The van der Waals surface area contributed by atoms with Crippen LogP contribution in [0, 0.1) is 0 Å². The van der Waals surface area contributed by atoms with E-state index in [1.54, 1.807) is 0 Å². The van der Waals surface area contributed by atoms with E-state index in [9.17, 15) is 19.0 Å². The quantitative estimate of drug-likeness (QED) is 0.0195. The van der Waals surface area contributed by atoms with Gasteiger partial charge in [-0.1, -0.05) is 371 Å². The van der Waals surface area contributed by atoms with Gasteiger partial charge in [-0.25, -0.2) is 0 Å². The Labute approximate surface area is 548 Å². The van der Waals surface area contributed by atoms with Crippen LogP contribution in [0.4, 0.5) is 0 Å². The summed E-state index contributed by atoms with van der Waals surface area (Å²) in [6.07, 6.45) is 89.9. The van der Waals surface area contributed by atoms with E-state index >= 15 is 0 Å². The molecule has 0 N–H and O–H groups in total. The van der Waals surface area contributed by atoms with Crippen LogP contribution in [-0.2, 0) is 32.7 Å². The lowest BCUT2D eigenvalue weighted by Gasteiger charge is -2.28. The fraction of sp³-hybridized carbons (Fsp3) is 0.897. The Hall–Kier alpha value is -1.77. The van der Waals surface area contributed by atoms with Crippen molar-refractivity contribution in [2.24, 2.45) is 0 Å². The van der Waals surface area contributed by atoms with Crippen molar-refractivity contribution in [3.05, 3.63) is 36.5 Å². The van der Waals surface area contributed by atoms with E-state index in [1.807, 2.05) is 21.1 Å². The maximum absolute atomic E-state index is 12.9. The molecule has 2 atom stereocenters. The second kappa shape index (κ2) is 69.6. The molecule has 520 valence electrons. The van der Waals surface area contributed by atoms with Crippen LogP contribution >= 0.6 is 7.82 Å². The second-order valence-corrected chi connectivity index (χ2v) is 29.1. The fourth-order valence-electron chi connectivity index (χ4n) is 11.7. The van der Waals surface area contributed by atoms with Crippen LogP contribution < -0.4 is 4.89 Å². The molecule has 0 aromatic carbocycles. The number of rotatable bonds is 73. The third-order valence-electron chi connectivity index (χ3n) is 17.7. The van der Waals surface area contributed by atoms with Crippen molar-refractivity contribution in [2.75, 3.05) is 47.5 Å². The van der Waals surface area contributed by atoms with Crippen molar-refractivity contribution in [3.8, 4) is 0 Å². The number of phosphoric acid groups is 1. The molecule has 0 saturated heterocycles. The molecule has 10 heteroatoms. The molecule has 0 radical (unpaired) electrons. The number of phosphoric ester groups is 1. The molecule has 0 aliphatic heterocycles. The van der Waals surface area contributed by atoms with Crippen LogP contribution in [0.25, 0.3) is 0 Å². The molecule has 2 unspecified atom stereocenters. The van der Waals surface area contributed by atoms with Crippen molar-refractivity contribution >= 4 is 19.8 Å². The highest BCUT2D eigenvalue weighted by atomic mass is 31.2. The Morgan fingerprint density at radius 2 is 0.614 bits per heavy atom. The number of ether oxygens (including phenoxy) is 2. The topological polar surface area (TPSA) is 111 Å². The zero-order valence-corrected chi connectivity index (χ0v) is 60.4. The van der Waals surface area contributed by atoms with Crippen LogP contribution in [0.2, 0.25) is 0 Å². The molecular weight excluding hydrogens is 1110 g/mol. The van der Waals surface area contributed by atoms with Crippen LogP contribution in [0.1, 0.15) is 399 Å². The molecule has 0 spiro atoms. The Morgan fingerprint density at radius 3 is 0.909 bits per heavy atom. The van der Waals surface area contributed by atoms with Crippen LogP contribution in [0.3, 0.4) is 0 Å². The first-order valence-corrected chi connectivity index (χ1v) is 40.2. The molecule has 9 nitrogen and oxygen atoms in total. The Balaban J connectivity index is 3.87. The van der Waals surface area contributed by atoms with Crippen molar-refractivity contribution < 1.29 is 42.1 Å². The third kappa shape index (κ3) is 73.3. The van der Waals surface area contributed by atoms with Crippen LogP contribution in [0.5, 0.6) is 0 Å². The van der Waals surface area contributed by atoms with Gasteiger partial charge in [-0.05, 0) is 51.4 Å². The van der Waals surface area contributed by atoms with Crippen molar-refractivity contribution in [2.45, 2.75) is 405 Å². The lowest BCUT2D eigenvalue weighted by molar-refractivity contribution is -0.870. The Kier molecular flexibility index (Phi) is 68.2. The molecule has 0 aromatic heterocycles. The van der Waals surface area contributed by atoms with E-state index in [1.165, 1.54) is 308 Å². The van der Waals surface area contributed by atoms with E-state index in [0.29, 0.717) is 17.4 Å². The molecule has 0 amide bonds. The minimum atomic E-state index is -4.64. The number of hydrogen-bond acceptors (Lipinski definition) is 8. The highest BCUT2D eigenvalue weighted by Gasteiger charge is 2.22. The maximum Gasteiger partial charge on any atom is 0.306 e. The molecular formula is C78H150NO8P. The summed E-state index contributed by atoms with van der Waals surface area (Å²) in [5.74, 6) is -0.823. The molecule has 0 aliphatic rings. The van der Waals surface area contributed by atoms with E-state index in [-0.39, 0.29) is 32.0 Å². The number of hydrogen-bond donors (Lipinski definition) is 0. The Morgan fingerprint density at radius 1 is 0.352 bits per heavy atom. The smallest absolute Gasteiger partial charge is 0.306 e. The van der Waals surface area contributed by atoms with Gasteiger partial charge in [-0.3, -0.25) is 14.2 Å². The van der Waals surface area contributed by atoms with Crippen molar-refractivity contribution in [1.29, 1.82) is 0 Å². The molecule has 0 aliphatic carbocycles. The molecule has 0 bridgehead atoms. The normalized spacial score (nSPS) is 13.2. The summed E-state index contributed by atoms with van der Waals surface area (Å²) in [5.41, 5.74) is 0. The summed E-state index contributed by atoms with van der Waals surface area (Å²) in [7, 11) is 1.18. The fourth-order valence-corrected chi connectivity index (χ4v) is 12.5. The predicted molar refractivity (Wildman–Crippen MR) is 379 cm³/mol. The van der Waals surface area contributed by atoms with Gasteiger partial charge in [0.05, 0.1) is 27.7 Å². The number of esters is 2. The van der Waals surface area contributed by atoms with E-state index in [0.717, 1.165) is 57.8 Å². The van der Waals surface area contributed by atoms with Gasteiger partial charge in [0.25, 0.3) is 7.82 Å². The zero-order chi connectivity index (χ0) is 64.1. The molecule has 0 rings (SSSR count). The standard InChI is InChI=1S/C78H150NO8P/c1-6-8-10-12-14-16-18-20-22-24-26-28-30-31-32-33-34-35-36-37-38-39-40-41-42-43-44-45-46-47-49-50-52-54-56-58-60-62-64-66-68-70-77(80)84-74-76(75-86-88(82,83)85-73-72-79(3,4)5)87-78(81)71-69-67-65-63-61-59-57-55-53-51-48-29-27-25-23-21-19-17-15-13-11-9-7-2/h19,21,25,27,48,51,76H,6-18,20,22-24,26,28-47,49-50,52-75H2,1-5H3/b21-19-,27-25-,51-48-. The number of nitrogens with zero attached hydrogens (tertiary/aromatic N) is 1. The first-order valence-electron chi connectivity index (χ1n) is 38.7. The second-order valence-electron chi connectivity index (χ2n) is 27.7. The number of quaternary nitrogens is 1. The average molecular weight is 1260 g/mol. The number of carbonyl (C=O) groups excluding carboxylic acids is 2. The lowest BCUT2D eigenvalue weighted by atomic mass is 10.0.